The summed E-state index contributed by atoms with van der Waals surface area (Å²) in [5, 5.41) is 12.7. The van der Waals surface area contributed by atoms with Crippen LogP contribution in [0, 0.1) is 17.6 Å². The van der Waals surface area contributed by atoms with Crippen molar-refractivity contribution in [3.05, 3.63) is 35.4 Å². The number of aliphatic hydroxyl groups is 1. The lowest BCUT2D eigenvalue weighted by Crippen LogP contribution is -2.24. The first kappa shape index (κ1) is 11.5. The highest BCUT2D eigenvalue weighted by molar-refractivity contribution is 5.25. The zero-order valence-electron chi connectivity index (χ0n) is 9.08. The third-order valence-corrected chi connectivity index (χ3v) is 3.24. The van der Waals surface area contributed by atoms with E-state index in [9.17, 15) is 13.9 Å². The Bertz CT molecular complexity index is 381. The normalized spacial score (nSPS) is 27.0. The molecule has 2 N–H and O–H groups in total. The molecule has 1 aliphatic rings. The molecule has 0 radical (unpaired) electrons. The van der Waals surface area contributed by atoms with Gasteiger partial charge in [0.05, 0.1) is 6.10 Å². The van der Waals surface area contributed by atoms with Crippen molar-refractivity contribution in [3.8, 4) is 0 Å². The minimum absolute atomic E-state index is 0.0139. The van der Waals surface area contributed by atoms with Gasteiger partial charge in [-0.05, 0) is 18.6 Å². The van der Waals surface area contributed by atoms with Crippen LogP contribution in [0.3, 0.4) is 0 Å². The first-order chi connectivity index (χ1) is 7.59. The maximum Gasteiger partial charge on any atom is 0.129 e. The zero-order chi connectivity index (χ0) is 11.7. The number of halogens is 2. The minimum atomic E-state index is -0.569. The second-order valence-corrected chi connectivity index (χ2v) is 4.34. The van der Waals surface area contributed by atoms with E-state index in [0.29, 0.717) is 18.7 Å². The molecule has 0 saturated carbocycles. The third kappa shape index (κ3) is 2.08. The summed E-state index contributed by atoms with van der Waals surface area (Å²) < 4.78 is 26.4. The van der Waals surface area contributed by atoms with Crippen molar-refractivity contribution in [3.63, 3.8) is 0 Å². The van der Waals surface area contributed by atoms with Crippen molar-refractivity contribution < 1.29 is 13.9 Å². The molecule has 0 bridgehead atoms. The molecular formula is C12H15F2NO. The molecule has 1 aromatic rings. The van der Waals surface area contributed by atoms with E-state index in [1.165, 1.54) is 12.1 Å². The van der Waals surface area contributed by atoms with Gasteiger partial charge in [0.2, 0.25) is 0 Å². The molecule has 0 aromatic heterocycles. The Labute approximate surface area is 93.3 Å². The fourth-order valence-electron chi connectivity index (χ4n) is 2.35. The van der Waals surface area contributed by atoms with E-state index in [1.54, 1.807) is 6.92 Å². The summed E-state index contributed by atoms with van der Waals surface area (Å²) in [6.07, 6.45) is -0.496. The smallest absolute Gasteiger partial charge is 0.129 e. The van der Waals surface area contributed by atoms with Gasteiger partial charge in [-0.1, -0.05) is 6.07 Å². The maximum atomic E-state index is 13.6. The SMILES string of the molecule is C[C@H](O)[C@@H]1CNC[C@@H]1c1ccc(F)cc1F. The standard InChI is InChI=1S/C12H15F2NO/c1-7(16)10-5-15-6-11(10)9-3-2-8(13)4-12(9)14/h2-4,7,10-11,15-16H,5-6H2,1H3/t7-,10-,11+/m0/s1. The Morgan fingerprint density at radius 2 is 2.12 bits per heavy atom. The molecule has 0 amide bonds. The minimum Gasteiger partial charge on any atom is -0.393 e. The molecule has 2 rings (SSSR count). The van der Waals surface area contributed by atoms with Gasteiger partial charge in [-0.3, -0.25) is 0 Å². The van der Waals surface area contributed by atoms with Crippen LogP contribution < -0.4 is 5.32 Å². The Morgan fingerprint density at radius 3 is 2.75 bits per heavy atom. The van der Waals surface area contributed by atoms with Crippen molar-refractivity contribution in [2.24, 2.45) is 5.92 Å². The van der Waals surface area contributed by atoms with Gasteiger partial charge in [0.25, 0.3) is 0 Å². The number of nitrogens with one attached hydrogen (secondary N) is 1. The second-order valence-electron chi connectivity index (χ2n) is 4.34. The largest absolute Gasteiger partial charge is 0.393 e. The predicted molar refractivity (Wildman–Crippen MR) is 57.1 cm³/mol. The van der Waals surface area contributed by atoms with Crippen LogP contribution in [-0.2, 0) is 0 Å². The van der Waals surface area contributed by atoms with Crippen molar-refractivity contribution >= 4 is 0 Å². The Balaban J connectivity index is 2.29. The van der Waals surface area contributed by atoms with Crippen LogP contribution in [0.5, 0.6) is 0 Å². The van der Waals surface area contributed by atoms with Crippen LogP contribution in [0.15, 0.2) is 18.2 Å². The molecule has 1 aliphatic heterocycles. The van der Waals surface area contributed by atoms with Crippen molar-refractivity contribution in [2.45, 2.75) is 18.9 Å². The van der Waals surface area contributed by atoms with Gasteiger partial charge in [-0.25, -0.2) is 8.78 Å². The number of benzene rings is 1. The van der Waals surface area contributed by atoms with E-state index in [-0.39, 0.29) is 11.8 Å². The summed E-state index contributed by atoms with van der Waals surface area (Å²) >= 11 is 0. The average molecular weight is 227 g/mol. The van der Waals surface area contributed by atoms with E-state index in [2.05, 4.69) is 5.32 Å². The average Bonchev–Trinajstić information content (AvgIpc) is 2.66. The highest BCUT2D eigenvalue weighted by atomic mass is 19.1. The number of rotatable bonds is 2. The van der Waals surface area contributed by atoms with E-state index >= 15 is 0 Å². The molecule has 4 heteroatoms. The molecule has 0 aliphatic carbocycles. The summed E-state index contributed by atoms with van der Waals surface area (Å²) in [5.41, 5.74) is 0.484. The Morgan fingerprint density at radius 1 is 1.38 bits per heavy atom. The third-order valence-electron chi connectivity index (χ3n) is 3.24. The van der Waals surface area contributed by atoms with Crippen molar-refractivity contribution in [1.82, 2.24) is 5.32 Å². The van der Waals surface area contributed by atoms with Crippen LogP contribution in [-0.4, -0.2) is 24.3 Å². The van der Waals surface area contributed by atoms with E-state index < -0.39 is 17.7 Å². The topological polar surface area (TPSA) is 32.3 Å². The molecule has 16 heavy (non-hydrogen) atoms. The molecular weight excluding hydrogens is 212 g/mol. The van der Waals surface area contributed by atoms with Gasteiger partial charge in [-0.15, -0.1) is 0 Å². The van der Waals surface area contributed by atoms with Crippen molar-refractivity contribution in [2.75, 3.05) is 13.1 Å². The molecule has 1 fully saturated rings. The molecule has 1 heterocycles. The molecule has 0 unspecified atom stereocenters. The molecule has 0 spiro atoms. The molecule has 1 aromatic carbocycles. The van der Waals surface area contributed by atoms with Gasteiger partial charge < -0.3 is 10.4 Å². The van der Waals surface area contributed by atoms with E-state index in [0.717, 1.165) is 6.07 Å². The molecule has 88 valence electrons. The van der Waals surface area contributed by atoms with Gasteiger partial charge in [0.15, 0.2) is 0 Å². The maximum absolute atomic E-state index is 13.6. The lowest BCUT2D eigenvalue weighted by Gasteiger charge is -2.21. The Kier molecular flexibility index (Phi) is 3.21. The first-order valence-corrected chi connectivity index (χ1v) is 5.43. The highest BCUT2D eigenvalue weighted by Crippen LogP contribution is 2.32. The quantitative estimate of drug-likeness (QED) is 0.805. The number of aliphatic hydroxyl groups excluding tert-OH is 1. The zero-order valence-corrected chi connectivity index (χ0v) is 9.08. The van der Waals surface area contributed by atoms with E-state index in [1.807, 2.05) is 0 Å². The van der Waals surface area contributed by atoms with Gasteiger partial charge in [0, 0.05) is 31.0 Å². The summed E-state index contributed by atoms with van der Waals surface area (Å²) in [6, 6.07) is 3.63. The fraction of sp³-hybridized carbons (Fsp3) is 0.500. The summed E-state index contributed by atoms with van der Waals surface area (Å²) in [7, 11) is 0. The first-order valence-electron chi connectivity index (χ1n) is 5.43. The van der Waals surface area contributed by atoms with Gasteiger partial charge in [0.1, 0.15) is 11.6 Å². The second kappa shape index (κ2) is 4.47. The summed E-state index contributed by atoms with van der Waals surface area (Å²) in [4.78, 5) is 0. The number of hydrogen-bond acceptors (Lipinski definition) is 2. The van der Waals surface area contributed by atoms with Crippen LogP contribution >= 0.6 is 0 Å². The van der Waals surface area contributed by atoms with Crippen molar-refractivity contribution in [1.29, 1.82) is 0 Å². The summed E-state index contributed by atoms with van der Waals surface area (Å²) in [6.45, 7) is 2.99. The van der Waals surface area contributed by atoms with Crippen LogP contribution in [0.1, 0.15) is 18.4 Å². The van der Waals surface area contributed by atoms with Gasteiger partial charge in [-0.2, -0.15) is 0 Å². The van der Waals surface area contributed by atoms with Gasteiger partial charge >= 0.3 is 0 Å². The molecule has 3 atom stereocenters. The molecule has 2 nitrogen and oxygen atoms in total. The number of hydrogen-bond donors (Lipinski definition) is 2. The predicted octanol–water partition coefficient (Wildman–Crippen LogP) is 1.65. The van der Waals surface area contributed by atoms with Crippen LogP contribution in [0.25, 0.3) is 0 Å². The van der Waals surface area contributed by atoms with E-state index in [4.69, 9.17) is 0 Å². The van der Waals surface area contributed by atoms with Crippen LogP contribution in [0.4, 0.5) is 8.78 Å². The Hall–Kier alpha value is -1.00. The highest BCUT2D eigenvalue weighted by Gasteiger charge is 2.33. The lowest BCUT2D eigenvalue weighted by atomic mass is 9.85. The monoisotopic (exact) mass is 227 g/mol. The summed E-state index contributed by atoms with van der Waals surface area (Å²) in [5.74, 6) is -1.19. The molecule has 1 saturated heterocycles. The fourth-order valence-corrected chi connectivity index (χ4v) is 2.35. The lowest BCUT2D eigenvalue weighted by molar-refractivity contribution is 0.126. The van der Waals surface area contributed by atoms with Crippen LogP contribution in [0.2, 0.25) is 0 Å².